The van der Waals surface area contributed by atoms with Gasteiger partial charge in [0.25, 0.3) is 0 Å². The number of phenolic OH excluding ortho intramolecular Hbond substituents is 1. The fourth-order valence-corrected chi connectivity index (χ4v) is 6.46. The Labute approximate surface area is 287 Å². The van der Waals surface area contributed by atoms with Crippen molar-refractivity contribution < 1.29 is 34.0 Å². The number of phenols is 1. The minimum Gasteiger partial charge on any atom is -0.507 e. The molecule has 1 heterocycles. The number of aliphatic hydroxyl groups excluding tert-OH is 1. The summed E-state index contributed by atoms with van der Waals surface area (Å²) >= 11 is 0. The smallest absolute Gasteiger partial charge is 0.198 e. The third-order valence-corrected chi connectivity index (χ3v) is 9.17. The molecule has 8 heteroatoms. The molecule has 0 bridgehead atoms. The molecule has 6 rings (SSSR count). The second kappa shape index (κ2) is 15.2. The first kappa shape index (κ1) is 34.1. The number of aliphatic hydroxyl groups is 1. The molecule has 1 aliphatic heterocycles. The zero-order chi connectivity index (χ0) is 34.5. The summed E-state index contributed by atoms with van der Waals surface area (Å²) in [4.78, 5) is 26.2. The van der Waals surface area contributed by atoms with Crippen LogP contribution in [-0.2, 0) is 15.9 Å². The number of nitrogen functional groups attached to an aromatic ring is 1. The first-order chi connectivity index (χ1) is 23.7. The molecule has 0 radical (unpaired) electrons. The largest absolute Gasteiger partial charge is 0.507 e. The Balaban J connectivity index is 1.02. The Kier molecular flexibility index (Phi) is 10.6. The third kappa shape index (κ3) is 7.78. The Morgan fingerprint density at radius 1 is 0.918 bits per heavy atom. The SMILES string of the molecule is CCCCc1ccc(/C=C/c2ccc(C3OC(C)CC(CC(O)CCOc4cc(O)c5c(c4N)C(=O)c4ccccc4C5=O)O3)cc2)cc1. The van der Waals surface area contributed by atoms with Crippen LogP contribution in [0.3, 0.4) is 0 Å². The molecule has 0 saturated carbocycles. The molecule has 4 atom stereocenters. The van der Waals surface area contributed by atoms with E-state index in [1.54, 1.807) is 24.3 Å². The number of rotatable bonds is 12. The summed E-state index contributed by atoms with van der Waals surface area (Å²) in [6.07, 6.45) is 7.40. The quantitative estimate of drug-likeness (QED) is 0.0706. The van der Waals surface area contributed by atoms with Crippen LogP contribution < -0.4 is 10.5 Å². The van der Waals surface area contributed by atoms with Gasteiger partial charge in [-0.1, -0.05) is 98.3 Å². The summed E-state index contributed by atoms with van der Waals surface area (Å²) in [7, 11) is 0. The van der Waals surface area contributed by atoms with Crippen molar-refractivity contribution >= 4 is 29.4 Å². The van der Waals surface area contributed by atoms with Crippen LogP contribution in [0.15, 0.2) is 78.9 Å². The standard InChI is InChI=1S/C41H43NO7/c1-3-4-7-26-10-12-27(13-11-26)14-15-28-16-18-29(19-17-28)41-48-25(2)22-31(49-41)23-30(43)20-21-47-35-24-34(44)36-37(38(35)42)40(46)33-9-6-5-8-32(33)39(36)45/h5-6,8-19,24-25,30-31,41,43-44H,3-4,7,20-23,42H2,1-2H3/b15-14+. The van der Waals surface area contributed by atoms with E-state index in [0.717, 1.165) is 23.1 Å². The molecule has 4 unspecified atom stereocenters. The maximum Gasteiger partial charge on any atom is 0.198 e. The van der Waals surface area contributed by atoms with Crippen LogP contribution >= 0.6 is 0 Å². The highest BCUT2D eigenvalue weighted by Crippen LogP contribution is 2.41. The minimum absolute atomic E-state index is 0.0162. The number of fused-ring (bicyclic) bond motifs is 2. The lowest BCUT2D eigenvalue weighted by Crippen LogP contribution is -2.34. The van der Waals surface area contributed by atoms with E-state index in [2.05, 4.69) is 43.3 Å². The van der Waals surface area contributed by atoms with Gasteiger partial charge >= 0.3 is 0 Å². The molecular weight excluding hydrogens is 618 g/mol. The molecule has 0 aromatic heterocycles. The van der Waals surface area contributed by atoms with Gasteiger partial charge in [-0.05, 0) is 49.3 Å². The molecule has 1 fully saturated rings. The van der Waals surface area contributed by atoms with Gasteiger partial charge in [0.1, 0.15) is 11.5 Å². The molecule has 1 saturated heterocycles. The molecule has 4 aromatic carbocycles. The van der Waals surface area contributed by atoms with E-state index < -0.39 is 24.0 Å². The summed E-state index contributed by atoms with van der Waals surface area (Å²) in [5.74, 6) is -1.20. The lowest BCUT2D eigenvalue weighted by atomic mass is 9.82. The molecule has 49 heavy (non-hydrogen) atoms. The van der Waals surface area contributed by atoms with Gasteiger partial charge in [-0.25, -0.2) is 0 Å². The van der Waals surface area contributed by atoms with E-state index >= 15 is 0 Å². The average molecular weight is 662 g/mol. The van der Waals surface area contributed by atoms with E-state index in [0.29, 0.717) is 12.8 Å². The van der Waals surface area contributed by atoms with Gasteiger partial charge in [0.15, 0.2) is 17.9 Å². The van der Waals surface area contributed by atoms with E-state index in [1.165, 1.54) is 24.5 Å². The lowest BCUT2D eigenvalue weighted by molar-refractivity contribution is -0.248. The van der Waals surface area contributed by atoms with Crippen molar-refractivity contribution in [3.05, 3.63) is 123 Å². The number of aryl methyl sites for hydroxylation is 1. The number of hydrogen-bond acceptors (Lipinski definition) is 8. The molecule has 8 nitrogen and oxygen atoms in total. The number of hydrogen-bond donors (Lipinski definition) is 3. The van der Waals surface area contributed by atoms with Gasteiger partial charge in [0, 0.05) is 29.2 Å². The predicted octanol–water partition coefficient (Wildman–Crippen LogP) is 7.68. The van der Waals surface area contributed by atoms with Crippen LogP contribution in [0.2, 0.25) is 0 Å². The van der Waals surface area contributed by atoms with Crippen LogP contribution in [0.4, 0.5) is 5.69 Å². The molecule has 1 aliphatic carbocycles. The minimum atomic E-state index is -0.744. The average Bonchev–Trinajstić information content (AvgIpc) is 3.10. The number of anilines is 1. The highest BCUT2D eigenvalue weighted by molar-refractivity contribution is 6.31. The van der Waals surface area contributed by atoms with Gasteiger partial charge in [-0.3, -0.25) is 9.59 Å². The number of unbranched alkanes of at least 4 members (excludes halogenated alkanes) is 1. The zero-order valence-corrected chi connectivity index (χ0v) is 27.9. The Bertz CT molecular complexity index is 1830. The Hall–Kier alpha value is -4.76. The fraction of sp³-hybridized carbons (Fsp3) is 0.317. The summed E-state index contributed by atoms with van der Waals surface area (Å²) in [5, 5.41) is 21.6. The van der Waals surface area contributed by atoms with Crippen LogP contribution in [0.25, 0.3) is 12.2 Å². The summed E-state index contributed by atoms with van der Waals surface area (Å²) < 4.78 is 18.2. The number of carbonyl (C=O) groups excluding carboxylic acids is 2. The van der Waals surface area contributed by atoms with Gasteiger partial charge in [0.05, 0.1) is 41.7 Å². The van der Waals surface area contributed by atoms with Crippen molar-refractivity contribution in [3.63, 3.8) is 0 Å². The Morgan fingerprint density at radius 2 is 1.55 bits per heavy atom. The van der Waals surface area contributed by atoms with Crippen molar-refractivity contribution in [3.8, 4) is 11.5 Å². The number of ether oxygens (including phenoxy) is 3. The maximum atomic E-state index is 13.2. The highest BCUT2D eigenvalue weighted by Gasteiger charge is 2.35. The Morgan fingerprint density at radius 3 is 2.20 bits per heavy atom. The van der Waals surface area contributed by atoms with Gasteiger partial charge in [-0.2, -0.15) is 0 Å². The first-order valence-electron chi connectivity index (χ1n) is 17.0. The van der Waals surface area contributed by atoms with Crippen molar-refractivity contribution in [1.29, 1.82) is 0 Å². The molecule has 254 valence electrons. The predicted molar refractivity (Wildman–Crippen MR) is 190 cm³/mol. The molecular formula is C41H43NO7. The van der Waals surface area contributed by atoms with Crippen LogP contribution in [0.1, 0.15) is 106 Å². The number of nitrogens with two attached hydrogens (primary N) is 1. The normalized spacial score (nSPS) is 19.4. The summed E-state index contributed by atoms with van der Waals surface area (Å²) in [5.41, 5.74) is 11.1. The second-order valence-corrected chi connectivity index (χ2v) is 12.9. The number of ketones is 2. The van der Waals surface area contributed by atoms with Crippen LogP contribution in [-0.4, -0.2) is 46.7 Å². The van der Waals surface area contributed by atoms with Crippen LogP contribution in [0, 0.1) is 0 Å². The molecule has 4 aromatic rings. The lowest BCUT2D eigenvalue weighted by Gasteiger charge is -2.35. The number of aromatic hydroxyl groups is 1. The van der Waals surface area contributed by atoms with Crippen molar-refractivity contribution in [2.45, 2.75) is 77.0 Å². The van der Waals surface area contributed by atoms with Crippen molar-refractivity contribution in [2.24, 2.45) is 0 Å². The molecule has 0 spiro atoms. The van der Waals surface area contributed by atoms with Crippen LogP contribution in [0.5, 0.6) is 11.5 Å². The van der Waals surface area contributed by atoms with E-state index in [9.17, 15) is 19.8 Å². The maximum absolute atomic E-state index is 13.2. The highest BCUT2D eigenvalue weighted by atomic mass is 16.7. The van der Waals surface area contributed by atoms with E-state index in [-0.39, 0.29) is 64.7 Å². The number of carbonyl (C=O) groups is 2. The summed E-state index contributed by atoms with van der Waals surface area (Å²) in [6, 6.07) is 24.5. The fourth-order valence-electron chi connectivity index (χ4n) is 6.46. The van der Waals surface area contributed by atoms with Gasteiger partial charge < -0.3 is 30.2 Å². The van der Waals surface area contributed by atoms with Crippen molar-refractivity contribution in [2.75, 3.05) is 12.3 Å². The summed E-state index contributed by atoms with van der Waals surface area (Å²) in [6.45, 7) is 4.28. The molecule has 2 aliphatic rings. The van der Waals surface area contributed by atoms with E-state index in [4.69, 9.17) is 19.9 Å². The topological polar surface area (TPSA) is 128 Å². The van der Waals surface area contributed by atoms with E-state index in [1.807, 2.05) is 31.2 Å². The number of benzene rings is 4. The molecule has 4 N–H and O–H groups in total. The second-order valence-electron chi connectivity index (χ2n) is 12.9. The zero-order valence-electron chi connectivity index (χ0n) is 27.9. The third-order valence-electron chi connectivity index (χ3n) is 9.17. The monoisotopic (exact) mass is 661 g/mol. The van der Waals surface area contributed by atoms with Gasteiger partial charge in [-0.15, -0.1) is 0 Å². The molecule has 0 amide bonds. The van der Waals surface area contributed by atoms with Crippen molar-refractivity contribution in [1.82, 2.24) is 0 Å². The first-order valence-corrected chi connectivity index (χ1v) is 17.0. The van der Waals surface area contributed by atoms with Gasteiger partial charge in [0.2, 0.25) is 0 Å².